The molecule has 100 valence electrons. The number of esters is 1. The van der Waals surface area contributed by atoms with Crippen molar-refractivity contribution in [3.05, 3.63) is 0 Å². The van der Waals surface area contributed by atoms with Gasteiger partial charge in [-0.3, -0.25) is 9.69 Å². The van der Waals surface area contributed by atoms with Crippen LogP contribution in [-0.2, 0) is 14.3 Å². The van der Waals surface area contributed by atoms with Gasteiger partial charge in [-0.15, -0.1) is 0 Å². The predicted molar refractivity (Wildman–Crippen MR) is 65.9 cm³/mol. The van der Waals surface area contributed by atoms with Crippen molar-refractivity contribution in [2.75, 3.05) is 33.9 Å². The summed E-state index contributed by atoms with van der Waals surface area (Å²) in [6.45, 7) is 6.81. The number of hydrogen-bond donors (Lipinski definition) is 1. The van der Waals surface area contributed by atoms with Gasteiger partial charge < -0.3 is 14.8 Å². The molecule has 0 aliphatic carbocycles. The lowest BCUT2D eigenvalue weighted by Gasteiger charge is -2.37. The van der Waals surface area contributed by atoms with Gasteiger partial charge in [0, 0.05) is 19.1 Å². The lowest BCUT2D eigenvalue weighted by molar-refractivity contribution is -0.143. The van der Waals surface area contributed by atoms with E-state index in [1.165, 1.54) is 7.11 Å². The van der Waals surface area contributed by atoms with E-state index in [-0.39, 0.29) is 18.1 Å². The number of carbonyl (C=O) groups excluding carboxylic acids is 1. The Morgan fingerprint density at radius 2 is 2.29 bits per heavy atom. The number of likely N-dealkylation sites (N-methyl/N-ethyl adjacent to an activating group) is 1. The summed E-state index contributed by atoms with van der Waals surface area (Å²) in [6, 6.07) is 0.201. The van der Waals surface area contributed by atoms with Crippen molar-refractivity contribution in [3.63, 3.8) is 0 Å². The molecule has 1 aliphatic rings. The number of ether oxygens (including phenoxy) is 2. The smallest absolute Gasteiger partial charge is 0.322 e. The van der Waals surface area contributed by atoms with Crippen LogP contribution in [-0.4, -0.2) is 62.9 Å². The monoisotopic (exact) mass is 244 g/mol. The number of carbonyl (C=O) groups is 1. The molecule has 0 aromatic heterocycles. The van der Waals surface area contributed by atoms with E-state index in [2.05, 4.69) is 24.1 Å². The SMILES string of the molecule is CNC(CCN1CC(C)OCC1C)C(=O)OC. The Kier molecular flexibility index (Phi) is 5.88. The molecular formula is C12H24N2O3. The second-order valence-electron chi connectivity index (χ2n) is 4.64. The largest absolute Gasteiger partial charge is 0.468 e. The Morgan fingerprint density at radius 3 is 2.88 bits per heavy atom. The summed E-state index contributed by atoms with van der Waals surface area (Å²) in [5, 5.41) is 2.99. The Balaban J connectivity index is 2.39. The molecule has 17 heavy (non-hydrogen) atoms. The lowest BCUT2D eigenvalue weighted by atomic mass is 10.1. The zero-order valence-electron chi connectivity index (χ0n) is 11.2. The van der Waals surface area contributed by atoms with E-state index in [9.17, 15) is 4.79 Å². The van der Waals surface area contributed by atoms with Gasteiger partial charge in [-0.2, -0.15) is 0 Å². The molecule has 0 spiro atoms. The standard InChI is InChI=1S/C12H24N2O3/c1-9-8-17-10(2)7-14(9)6-5-11(13-3)12(15)16-4/h9-11,13H,5-8H2,1-4H3. The third kappa shape index (κ3) is 4.26. The molecule has 1 saturated heterocycles. The quantitative estimate of drug-likeness (QED) is 0.702. The van der Waals surface area contributed by atoms with Gasteiger partial charge in [0.1, 0.15) is 6.04 Å². The van der Waals surface area contributed by atoms with Crippen LogP contribution in [0.25, 0.3) is 0 Å². The molecule has 0 bridgehead atoms. The molecule has 3 unspecified atom stereocenters. The summed E-state index contributed by atoms with van der Waals surface area (Å²) in [6.07, 6.45) is 1.04. The van der Waals surface area contributed by atoms with E-state index in [1.807, 2.05) is 0 Å². The van der Waals surface area contributed by atoms with E-state index in [0.29, 0.717) is 6.04 Å². The zero-order valence-corrected chi connectivity index (χ0v) is 11.2. The highest BCUT2D eigenvalue weighted by molar-refractivity contribution is 5.75. The van der Waals surface area contributed by atoms with Crippen LogP contribution in [0.15, 0.2) is 0 Å². The van der Waals surface area contributed by atoms with Crippen molar-refractivity contribution in [3.8, 4) is 0 Å². The Labute approximate surface area is 103 Å². The van der Waals surface area contributed by atoms with Crippen LogP contribution in [0, 0.1) is 0 Å². The first-order chi connectivity index (χ1) is 8.08. The summed E-state index contributed by atoms with van der Waals surface area (Å²) in [4.78, 5) is 13.8. The maximum Gasteiger partial charge on any atom is 0.322 e. The fourth-order valence-corrected chi connectivity index (χ4v) is 2.10. The van der Waals surface area contributed by atoms with Crippen LogP contribution >= 0.6 is 0 Å². The minimum Gasteiger partial charge on any atom is -0.468 e. The average molecular weight is 244 g/mol. The molecule has 0 saturated carbocycles. The maximum absolute atomic E-state index is 11.4. The van der Waals surface area contributed by atoms with Crippen LogP contribution in [0.5, 0.6) is 0 Å². The molecule has 1 rings (SSSR count). The molecule has 1 N–H and O–H groups in total. The average Bonchev–Trinajstić information content (AvgIpc) is 2.33. The highest BCUT2D eigenvalue weighted by Crippen LogP contribution is 2.12. The number of rotatable bonds is 5. The lowest BCUT2D eigenvalue weighted by Crippen LogP contribution is -2.49. The summed E-state index contributed by atoms with van der Waals surface area (Å²) >= 11 is 0. The molecule has 1 aliphatic heterocycles. The fourth-order valence-electron chi connectivity index (χ4n) is 2.10. The van der Waals surface area contributed by atoms with E-state index in [1.54, 1.807) is 7.05 Å². The summed E-state index contributed by atoms with van der Waals surface area (Å²) < 4.78 is 10.3. The van der Waals surface area contributed by atoms with Gasteiger partial charge in [-0.05, 0) is 27.3 Å². The van der Waals surface area contributed by atoms with E-state index >= 15 is 0 Å². The fraction of sp³-hybridized carbons (Fsp3) is 0.917. The number of nitrogens with one attached hydrogen (secondary N) is 1. The molecule has 1 heterocycles. The van der Waals surface area contributed by atoms with Crippen molar-refractivity contribution >= 4 is 5.97 Å². The zero-order chi connectivity index (χ0) is 12.8. The summed E-state index contributed by atoms with van der Waals surface area (Å²) in [5.41, 5.74) is 0. The van der Waals surface area contributed by atoms with E-state index in [4.69, 9.17) is 9.47 Å². The molecule has 0 amide bonds. The van der Waals surface area contributed by atoms with Gasteiger partial charge in [-0.25, -0.2) is 0 Å². The van der Waals surface area contributed by atoms with Gasteiger partial charge in [0.05, 0.1) is 19.8 Å². The van der Waals surface area contributed by atoms with Crippen LogP contribution in [0.3, 0.4) is 0 Å². The third-order valence-corrected chi connectivity index (χ3v) is 3.28. The predicted octanol–water partition coefficient (Wildman–Crippen LogP) is 0.247. The molecule has 5 nitrogen and oxygen atoms in total. The molecule has 5 heteroatoms. The molecular weight excluding hydrogens is 220 g/mol. The third-order valence-electron chi connectivity index (χ3n) is 3.28. The van der Waals surface area contributed by atoms with Gasteiger partial charge in [-0.1, -0.05) is 0 Å². The van der Waals surface area contributed by atoms with Crippen LogP contribution in [0.2, 0.25) is 0 Å². The van der Waals surface area contributed by atoms with Gasteiger partial charge in [0.25, 0.3) is 0 Å². The van der Waals surface area contributed by atoms with Crippen molar-refractivity contribution in [2.24, 2.45) is 0 Å². The summed E-state index contributed by atoms with van der Waals surface area (Å²) in [7, 11) is 3.21. The normalized spacial score (nSPS) is 27.8. The minimum absolute atomic E-state index is 0.193. The number of hydrogen-bond acceptors (Lipinski definition) is 5. The molecule has 1 fully saturated rings. The first-order valence-corrected chi connectivity index (χ1v) is 6.19. The van der Waals surface area contributed by atoms with Gasteiger partial charge in [0.15, 0.2) is 0 Å². The van der Waals surface area contributed by atoms with Crippen molar-refractivity contribution in [2.45, 2.75) is 38.5 Å². The number of nitrogens with zero attached hydrogens (tertiary/aromatic N) is 1. The van der Waals surface area contributed by atoms with Crippen LogP contribution in [0.1, 0.15) is 20.3 Å². The Hall–Kier alpha value is -0.650. The van der Waals surface area contributed by atoms with Gasteiger partial charge >= 0.3 is 5.97 Å². The topological polar surface area (TPSA) is 50.8 Å². The van der Waals surface area contributed by atoms with Crippen LogP contribution < -0.4 is 5.32 Å². The highest BCUT2D eigenvalue weighted by Gasteiger charge is 2.25. The molecule has 0 aromatic carbocycles. The number of morpholine rings is 1. The first kappa shape index (κ1) is 14.4. The molecule has 3 atom stereocenters. The van der Waals surface area contributed by atoms with Crippen molar-refractivity contribution in [1.29, 1.82) is 0 Å². The van der Waals surface area contributed by atoms with Crippen molar-refractivity contribution < 1.29 is 14.3 Å². The second kappa shape index (κ2) is 6.93. The summed E-state index contributed by atoms with van der Waals surface area (Å²) in [5.74, 6) is -0.193. The second-order valence-corrected chi connectivity index (χ2v) is 4.64. The maximum atomic E-state index is 11.4. The first-order valence-electron chi connectivity index (χ1n) is 6.19. The van der Waals surface area contributed by atoms with E-state index < -0.39 is 0 Å². The number of methoxy groups -OCH3 is 1. The molecule has 0 aromatic rings. The Morgan fingerprint density at radius 1 is 1.59 bits per heavy atom. The van der Waals surface area contributed by atoms with Crippen LogP contribution in [0.4, 0.5) is 0 Å². The molecule has 0 radical (unpaired) electrons. The van der Waals surface area contributed by atoms with Crippen molar-refractivity contribution in [1.82, 2.24) is 10.2 Å². The Bertz CT molecular complexity index is 248. The van der Waals surface area contributed by atoms with Gasteiger partial charge in [0.2, 0.25) is 0 Å². The highest BCUT2D eigenvalue weighted by atomic mass is 16.5. The minimum atomic E-state index is -0.217. The van der Waals surface area contributed by atoms with E-state index in [0.717, 1.165) is 26.1 Å².